The van der Waals surface area contributed by atoms with Gasteiger partial charge in [0.05, 0.1) is 7.11 Å². The summed E-state index contributed by atoms with van der Waals surface area (Å²) >= 11 is 6.09. The maximum Gasteiger partial charge on any atom is 0.272 e. The number of halogens is 1. The van der Waals surface area contributed by atoms with Crippen molar-refractivity contribution in [3.8, 4) is 11.5 Å². The third-order valence-electron chi connectivity index (χ3n) is 6.24. The number of benzene rings is 2. The second-order valence-corrected chi connectivity index (χ2v) is 9.39. The normalized spacial score (nSPS) is 17.0. The summed E-state index contributed by atoms with van der Waals surface area (Å²) < 4.78 is 11.7. The molecule has 1 fully saturated rings. The number of methoxy groups -OCH3 is 1. The molecule has 1 aliphatic carbocycles. The van der Waals surface area contributed by atoms with E-state index < -0.39 is 0 Å². The Morgan fingerprint density at radius 3 is 2.67 bits per heavy atom. The van der Waals surface area contributed by atoms with Gasteiger partial charge in [-0.05, 0) is 69.4 Å². The van der Waals surface area contributed by atoms with Gasteiger partial charge in [0, 0.05) is 39.9 Å². The Bertz CT molecular complexity index is 1450. The Kier molecular flexibility index (Phi) is 6.67. The smallest absolute Gasteiger partial charge is 0.272 e. The second kappa shape index (κ2) is 10.0. The molecular formula is C26H27ClN6O3. The summed E-state index contributed by atoms with van der Waals surface area (Å²) in [6.45, 7) is 0. The molecule has 36 heavy (non-hydrogen) atoms. The van der Waals surface area contributed by atoms with Gasteiger partial charge >= 0.3 is 0 Å². The topological polar surface area (TPSA) is 104 Å². The average molecular weight is 507 g/mol. The standard InChI is InChI=1S/C26H27ClN6O3/c1-33(2)18-13-19(14-18)36-22-7-5-17(12-23(22)35-3)29-26-28-9-8-24(32-26)30-21-11-15-10-16(27)4-6-20(15)31-25(21)34/h4-12,18-19H,13-14H2,1-3H3,(H,31,34)(H2,28,29,30,32). The van der Waals surface area contributed by atoms with E-state index in [1.54, 1.807) is 43.6 Å². The number of hydrogen-bond donors (Lipinski definition) is 3. The van der Waals surface area contributed by atoms with E-state index in [0.717, 1.165) is 23.9 Å². The van der Waals surface area contributed by atoms with Gasteiger partial charge in [-0.2, -0.15) is 4.98 Å². The lowest BCUT2D eigenvalue weighted by molar-refractivity contribution is 0.0383. The van der Waals surface area contributed by atoms with Gasteiger partial charge in [0.15, 0.2) is 11.5 Å². The predicted octanol–water partition coefficient (Wildman–Crippen LogP) is 4.94. The highest BCUT2D eigenvalue weighted by molar-refractivity contribution is 6.31. The molecule has 2 aromatic carbocycles. The lowest BCUT2D eigenvalue weighted by Gasteiger charge is -2.39. The van der Waals surface area contributed by atoms with Gasteiger partial charge in [-0.25, -0.2) is 4.98 Å². The van der Waals surface area contributed by atoms with Crippen LogP contribution in [0.15, 0.2) is 59.5 Å². The van der Waals surface area contributed by atoms with E-state index in [4.69, 9.17) is 21.1 Å². The molecule has 0 atom stereocenters. The highest BCUT2D eigenvalue weighted by Gasteiger charge is 2.32. The van der Waals surface area contributed by atoms with Crippen LogP contribution < -0.4 is 25.7 Å². The van der Waals surface area contributed by atoms with Crippen LogP contribution in [0.3, 0.4) is 0 Å². The molecule has 4 aromatic rings. The molecule has 0 spiro atoms. The summed E-state index contributed by atoms with van der Waals surface area (Å²) in [5.41, 5.74) is 1.54. The van der Waals surface area contributed by atoms with Gasteiger partial charge < -0.3 is 30.0 Å². The van der Waals surface area contributed by atoms with E-state index in [9.17, 15) is 4.79 Å². The van der Waals surface area contributed by atoms with Crippen molar-refractivity contribution in [2.45, 2.75) is 25.0 Å². The van der Waals surface area contributed by atoms with Crippen molar-refractivity contribution in [2.24, 2.45) is 0 Å². The fourth-order valence-corrected chi connectivity index (χ4v) is 4.28. The molecule has 0 bridgehead atoms. The minimum atomic E-state index is -0.262. The van der Waals surface area contributed by atoms with E-state index >= 15 is 0 Å². The zero-order valence-corrected chi connectivity index (χ0v) is 21.0. The number of hydrogen-bond acceptors (Lipinski definition) is 8. The molecule has 0 radical (unpaired) electrons. The molecule has 10 heteroatoms. The van der Waals surface area contributed by atoms with Crippen LogP contribution in [0.25, 0.3) is 10.9 Å². The van der Waals surface area contributed by atoms with Crippen molar-refractivity contribution in [3.05, 3.63) is 70.1 Å². The molecule has 186 valence electrons. The first-order valence-corrected chi connectivity index (χ1v) is 12.0. The highest BCUT2D eigenvalue weighted by atomic mass is 35.5. The number of aromatic amines is 1. The van der Waals surface area contributed by atoms with Crippen molar-refractivity contribution in [3.63, 3.8) is 0 Å². The number of aromatic nitrogens is 3. The Morgan fingerprint density at radius 2 is 1.89 bits per heavy atom. The van der Waals surface area contributed by atoms with Gasteiger partial charge in [-0.15, -0.1) is 0 Å². The summed E-state index contributed by atoms with van der Waals surface area (Å²) in [6.07, 6.45) is 3.79. The second-order valence-electron chi connectivity index (χ2n) is 8.95. The van der Waals surface area contributed by atoms with Crippen molar-refractivity contribution in [1.29, 1.82) is 0 Å². The van der Waals surface area contributed by atoms with E-state index in [0.29, 0.717) is 45.5 Å². The van der Waals surface area contributed by atoms with Gasteiger partial charge in [-0.3, -0.25) is 4.79 Å². The number of nitrogens with zero attached hydrogens (tertiary/aromatic N) is 3. The van der Waals surface area contributed by atoms with Crippen molar-refractivity contribution < 1.29 is 9.47 Å². The molecule has 0 saturated heterocycles. The zero-order chi connectivity index (χ0) is 25.2. The summed E-state index contributed by atoms with van der Waals surface area (Å²) in [5.74, 6) is 2.16. The van der Waals surface area contributed by atoms with E-state index in [1.165, 1.54) is 0 Å². The number of nitrogens with one attached hydrogen (secondary N) is 3. The molecule has 9 nitrogen and oxygen atoms in total. The van der Waals surface area contributed by atoms with Crippen LogP contribution in [0.1, 0.15) is 12.8 Å². The van der Waals surface area contributed by atoms with Crippen LogP contribution in [0.4, 0.5) is 23.1 Å². The van der Waals surface area contributed by atoms with Crippen LogP contribution in [-0.2, 0) is 0 Å². The number of pyridine rings is 1. The van der Waals surface area contributed by atoms with Crippen molar-refractivity contribution >= 4 is 45.6 Å². The van der Waals surface area contributed by atoms with Crippen LogP contribution in [-0.4, -0.2) is 53.2 Å². The van der Waals surface area contributed by atoms with E-state index in [-0.39, 0.29) is 11.7 Å². The Balaban J connectivity index is 1.29. The van der Waals surface area contributed by atoms with Crippen LogP contribution in [0, 0.1) is 0 Å². The monoisotopic (exact) mass is 506 g/mol. The highest BCUT2D eigenvalue weighted by Crippen LogP contribution is 2.36. The third kappa shape index (κ3) is 5.22. The molecule has 0 unspecified atom stereocenters. The molecule has 0 aliphatic heterocycles. The maximum atomic E-state index is 12.5. The first-order chi connectivity index (χ1) is 17.4. The number of rotatable bonds is 8. The van der Waals surface area contributed by atoms with Gasteiger partial charge in [0.25, 0.3) is 5.56 Å². The molecule has 3 N–H and O–H groups in total. The number of H-pyrrole nitrogens is 1. The number of fused-ring (bicyclic) bond motifs is 1. The Labute approximate surface area is 213 Å². The summed E-state index contributed by atoms with van der Waals surface area (Å²) in [5, 5.41) is 7.64. The van der Waals surface area contributed by atoms with E-state index in [1.807, 2.05) is 18.2 Å². The largest absolute Gasteiger partial charge is 0.493 e. The number of ether oxygens (including phenoxy) is 2. The summed E-state index contributed by atoms with van der Waals surface area (Å²) in [4.78, 5) is 26.4. The van der Waals surface area contributed by atoms with Gasteiger partial charge in [0.1, 0.15) is 17.6 Å². The molecule has 1 aliphatic rings. The molecule has 1 saturated carbocycles. The first-order valence-electron chi connectivity index (χ1n) is 11.6. The quantitative estimate of drug-likeness (QED) is 0.309. The zero-order valence-electron chi connectivity index (χ0n) is 20.2. The predicted molar refractivity (Wildman–Crippen MR) is 142 cm³/mol. The Morgan fingerprint density at radius 1 is 1.06 bits per heavy atom. The Hall–Kier alpha value is -3.82. The fraction of sp³-hybridized carbons (Fsp3) is 0.269. The van der Waals surface area contributed by atoms with Crippen molar-refractivity contribution in [2.75, 3.05) is 31.8 Å². The molecule has 2 heterocycles. The van der Waals surface area contributed by atoms with Crippen molar-refractivity contribution in [1.82, 2.24) is 19.9 Å². The molecule has 0 amide bonds. The lowest BCUT2D eigenvalue weighted by Crippen LogP contribution is -2.46. The van der Waals surface area contributed by atoms with Crippen LogP contribution >= 0.6 is 11.6 Å². The van der Waals surface area contributed by atoms with E-state index in [2.05, 4.69) is 44.6 Å². The van der Waals surface area contributed by atoms with Gasteiger partial charge in [-0.1, -0.05) is 11.6 Å². The maximum absolute atomic E-state index is 12.5. The number of anilines is 4. The first kappa shape index (κ1) is 23.9. The third-order valence-corrected chi connectivity index (χ3v) is 6.47. The summed E-state index contributed by atoms with van der Waals surface area (Å²) in [7, 11) is 5.79. The fourth-order valence-electron chi connectivity index (χ4n) is 4.10. The SMILES string of the molecule is COc1cc(Nc2nccc(Nc3cc4cc(Cl)ccc4[nH]c3=O)n2)ccc1OC1CC(N(C)C)C1. The molecular weight excluding hydrogens is 480 g/mol. The van der Waals surface area contributed by atoms with Crippen LogP contribution in [0.2, 0.25) is 5.02 Å². The van der Waals surface area contributed by atoms with Gasteiger partial charge in [0.2, 0.25) is 5.95 Å². The minimum Gasteiger partial charge on any atom is -0.493 e. The van der Waals surface area contributed by atoms with Crippen LogP contribution in [0.5, 0.6) is 11.5 Å². The molecule has 2 aromatic heterocycles. The lowest BCUT2D eigenvalue weighted by atomic mass is 9.88. The molecule has 5 rings (SSSR count). The summed E-state index contributed by atoms with van der Waals surface area (Å²) in [6, 6.07) is 14.9. The minimum absolute atomic E-state index is 0.186. The average Bonchev–Trinajstić information content (AvgIpc) is 2.82.